The minimum Gasteiger partial charge on any atom is -0.353 e. The summed E-state index contributed by atoms with van der Waals surface area (Å²) in [5.41, 5.74) is 3.00. The number of fused-ring (bicyclic) bond motifs is 1. The number of carbonyl (C=O) groups excluding carboxylic acids is 1. The smallest absolute Gasteiger partial charge is 0.223 e. The lowest BCUT2D eigenvalue weighted by atomic mass is 9.84. The lowest BCUT2D eigenvalue weighted by Crippen LogP contribution is -2.44. The van der Waals surface area contributed by atoms with Crippen molar-refractivity contribution in [2.75, 3.05) is 0 Å². The van der Waals surface area contributed by atoms with Crippen molar-refractivity contribution in [3.05, 3.63) is 35.4 Å². The zero-order valence-corrected chi connectivity index (χ0v) is 13.2. The number of nitrogens with one attached hydrogen (secondary N) is 2. The van der Waals surface area contributed by atoms with Gasteiger partial charge in [0.05, 0.1) is 0 Å². The highest BCUT2D eigenvalue weighted by Crippen LogP contribution is 2.29. The van der Waals surface area contributed by atoms with E-state index in [0.29, 0.717) is 24.0 Å². The SMILES string of the molecule is O=C(NC1CC1)[C@H]1CCC[C@H](NC2Cc3ccccc3C2)C1. The Morgan fingerprint density at radius 2 is 1.64 bits per heavy atom. The van der Waals surface area contributed by atoms with Crippen LogP contribution >= 0.6 is 0 Å². The molecule has 3 aliphatic carbocycles. The monoisotopic (exact) mass is 298 g/mol. The highest BCUT2D eigenvalue weighted by molar-refractivity contribution is 5.79. The molecule has 0 aliphatic heterocycles. The van der Waals surface area contributed by atoms with Gasteiger partial charge in [-0.25, -0.2) is 0 Å². The van der Waals surface area contributed by atoms with Crippen molar-refractivity contribution in [3.8, 4) is 0 Å². The van der Waals surface area contributed by atoms with Gasteiger partial charge >= 0.3 is 0 Å². The van der Waals surface area contributed by atoms with E-state index in [1.54, 1.807) is 0 Å². The Morgan fingerprint density at radius 1 is 0.909 bits per heavy atom. The largest absolute Gasteiger partial charge is 0.353 e. The molecule has 3 nitrogen and oxygen atoms in total. The quantitative estimate of drug-likeness (QED) is 0.897. The molecule has 0 saturated heterocycles. The number of benzene rings is 1. The molecule has 1 amide bonds. The van der Waals surface area contributed by atoms with E-state index in [1.807, 2.05) is 0 Å². The molecule has 2 N–H and O–H groups in total. The van der Waals surface area contributed by atoms with Crippen molar-refractivity contribution < 1.29 is 4.79 Å². The van der Waals surface area contributed by atoms with Crippen molar-refractivity contribution in [2.24, 2.45) is 5.92 Å². The normalized spacial score (nSPS) is 28.4. The summed E-state index contributed by atoms with van der Waals surface area (Å²) in [6.45, 7) is 0. The predicted molar refractivity (Wildman–Crippen MR) is 87.7 cm³/mol. The van der Waals surface area contributed by atoms with Gasteiger partial charge in [0.2, 0.25) is 5.91 Å². The van der Waals surface area contributed by atoms with E-state index in [1.165, 1.54) is 36.8 Å². The van der Waals surface area contributed by atoms with Crippen LogP contribution in [0.2, 0.25) is 0 Å². The first-order valence-electron chi connectivity index (χ1n) is 8.91. The van der Waals surface area contributed by atoms with Crippen LogP contribution in [0.25, 0.3) is 0 Å². The van der Waals surface area contributed by atoms with Crippen LogP contribution in [0.1, 0.15) is 49.7 Å². The standard InChI is InChI=1S/C19H26N2O/c22-19(21-16-8-9-16)15-6-3-7-17(12-15)20-18-10-13-4-1-2-5-14(13)11-18/h1-2,4-5,15-18,20H,3,6-12H2,(H,21,22)/t15-,17-/m0/s1. The summed E-state index contributed by atoms with van der Waals surface area (Å²) < 4.78 is 0. The number of rotatable bonds is 4. The van der Waals surface area contributed by atoms with Crippen LogP contribution in [0.3, 0.4) is 0 Å². The average molecular weight is 298 g/mol. The summed E-state index contributed by atoms with van der Waals surface area (Å²) in [6.07, 6.45) is 9.14. The van der Waals surface area contributed by atoms with Crippen LogP contribution in [-0.2, 0) is 17.6 Å². The fraction of sp³-hybridized carbons (Fsp3) is 0.632. The molecule has 0 radical (unpaired) electrons. The maximum atomic E-state index is 12.3. The van der Waals surface area contributed by atoms with Gasteiger partial charge in [-0.2, -0.15) is 0 Å². The lowest BCUT2D eigenvalue weighted by molar-refractivity contribution is -0.126. The van der Waals surface area contributed by atoms with Gasteiger partial charge in [0.15, 0.2) is 0 Å². The van der Waals surface area contributed by atoms with Crippen LogP contribution in [0.15, 0.2) is 24.3 Å². The summed E-state index contributed by atoms with van der Waals surface area (Å²) in [5, 5.41) is 7.02. The van der Waals surface area contributed by atoms with Crippen molar-refractivity contribution in [3.63, 3.8) is 0 Å². The fourth-order valence-electron chi connectivity index (χ4n) is 4.14. The molecule has 1 aromatic rings. The van der Waals surface area contributed by atoms with E-state index in [2.05, 4.69) is 34.9 Å². The van der Waals surface area contributed by atoms with E-state index >= 15 is 0 Å². The summed E-state index contributed by atoms with van der Waals surface area (Å²) in [4.78, 5) is 12.3. The van der Waals surface area contributed by atoms with E-state index in [4.69, 9.17) is 0 Å². The number of carbonyl (C=O) groups is 1. The van der Waals surface area contributed by atoms with Crippen molar-refractivity contribution in [2.45, 2.75) is 69.5 Å². The van der Waals surface area contributed by atoms with Gasteiger partial charge in [0, 0.05) is 24.0 Å². The summed E-state index contributed by atoms with van der Waals surface area (Å²) >= 11 is 0. The van der Waals surface area contributed by atoms with Crippen molar-refractivity contribution in [1.82, 2.24) is 10.6 Å². The molecule has 118 valence electrons. The number of amides is 1. The highest BCUT2D eigenvalue weighted by Gasteiger charge is 2.32. The molecular formula is C19H26N2O. The Bertz CT molecular complexity index is 527. The Hall–Kier alpha value is -1.35. The third-order valence-corrected chi connectivity index (χ3v) is 5.49. The molecule has 3 heteroatoms. The first-order chi connectivity index (χ1) is 10.8. The molecule has 22 heavy (non-hydrogen) atoms. The molecule has 0 unspecified atom stereocenters. The molecule has 1 aromatic carbocycles. The van der Waals surface area contributed by atoms with E-state index in [-0.39, 0.29) is 5.92 Å². The van der Waals surface area contributed by atoms with E-state index < -0.39 is 0 Å². The van der Waals surface area contributed by atoms with Gasteiger partial charge in [-0.1, -0.05) is 30.7 Å². The molecule has 0 spiro atoms. The van der Waals surface area contributed by atoms with Gasteiger partial charge in [0.25, 0.3) is 0 Å². The first-order valence-corrected chi connectivity index (χ1v) is 8.91. The average Bonchev–Trinajstić information content (AvgIpc) is 3.24. The van der Waals surface area contributed by atoms with Gasteiger partial charge < -0.3 is 10.6 Å². The van der Waals surface area contributed by atoms with Crippen LogP contribution in [0, 0.1) is 5.92 Å². The Balaban J connectivity index is 1.30. The van der Waals surface area contributed by atoms with Crippen molar-refractivity contribution >= 4 is 5.91 Å². The fourth-order valence-corrected chi connectivity index (χ4v) is 4.14. The topological polar surface area (TPSA) is 41.1 Å². The second-order valence-corrected chi connectivity index (χ2v) is 7.38. The van der Waals surface area contributed by atoms with E-state index in [9.17, 15) is 4.79 Å². The second kappa shape index (κ2) is 6.04. The Morgan fingerprint density at radius 3 is 2.32 bits per heavy atom. The van der Waals surface area contributed by atoms with Gasteiger partial charge in [-0.05, 0) is 56.1 Å². The lowest BCUT2D eigenvalue weighted by Gasteiger charge is -2.31. The molecule has 3 aliphatic rings. The number of hydrogen-bond donors (Lipinski definition) is 2. The highest BCUT2D eigenvalue weighted by atomic mass is 16.2. The molecular weight excluding hydrogens is 272 g/mol. The molecule has 0 bridgehead atoms. The summed E-state index contributed by atoms with van der Waals surface area (Å²) in [5.74, 6) is 0.541. The Kier molecular flexibility index (Phi) is 3.91. The van der Waals surface area contributed by atoms with Crippen LogP contribution in [0.5, 0.6) is 0 Å². The van der Waals surface area contributed by atoms with Crippen LogP contribution in [0.4, 0.5) is 0 Å². The maximum absolute atomic E-state index is 12.3. The first kappa shape index (κ1) is 14.3. The predicted octanol–water partition coefficient (Wildman–Crippen LogP) is 2.58. The third-order valence-electron chi connectivity index (χ3n) is 5.49. The second-order valence-electron chi connectivity index (χ2n) is 7.38. The molecule has 2 fully saturated rings. The molecule has 2 atom stereocenters. The number of hydrogen-bond acceptors (Lipinski definition) is 2. The maximum Gasteiger partial charge on any atom is 0.223 e. The summed E-state index contributed by atoms with van der Waals surface area (Å²) in [7, 11) is 0. The zero-order valence-electron chi connectivity index (χ0n) is 13.2. The molecule has 2 saturated carbocycles. The molecule has 4 rings (SSSR count). The Labute approximate surface area is 132 Å². The zero-order chi connectivity index (χ0) is 14.9. The van der Waals surface area contributed by atoms with Crippen LogP contribution in [-0.4, -0.2) is 24.0 Å². The van der Waals surface area contributed by atoms with Gasteiger partial charge in [0.1, 0.15) is 0 Å². The van der Waals surface area contributed by atoms with Gasteiger partial charge in [-0.15, -0.1) is 0 Å². The third kappa shape index (κ3) is 3.19. The minimum atomic E-state index is 0.232. The van der Waals surface area contributed by atoms with Crippen LogP contribution < -0.4 is 10.6 Å². The minimum absolute atomic E-state index is 0.232. The summed E-state index contributed by atoms with van der Waals surface area (Å²) in [6, 6.07) is 10.4. The van der Waals surface area contributed by atoms with E-state index in [0.717, 1.165) is 25.7 Å². The van der Waals surface area contributed by atoms with Gasteiger partial charge in [-0.3, -0.25) is 4.79 Å². The molecule has 0 heterocycles. The molecule has 0 aromatic heterocycles. The van der Waals surface area contributed by atoms with Crippen molar-refractivity contribution in [1.29, 1.82) is 0 Å².